The van der Waals surface area contributed by atoms with Crippen LogP contribution in [0.25, 0.3) is 0 Å². The van der Waals surface area contributed by atoms with Gasteiger partial charge in [-0.05, 0) is 19.8 Å². The second-order valence-corrected chi connectivity index (χ2v) is 3.24. The molecule has 0 radical (unpaired) electrons. The fourth-order valence-electron chi connectivity index (χ4n) is 1.43. The lowest BCUT2D eigenvalue weighted by Gasteiger charge is -2.09. The Labute approximate surface area is 63.8 Å². The highest BCUT2D eigenvalue weighted by molar-refractivity contribution is 4.55. The molecule has 10 heavy (non-hydrogen) atoms. The summed E-state index contributed by atoms with van der Waals surface area (Å²) in [6.45, 7) is 3.17. The molecule has 1 heteroatoms. The minimum Gasteiger partial charge on any atom is -0.379 e. The molecule has 0 N–H and O–H groups in total. The quantitative estimate of drug-likeness (QED) is 0.505. The lowest BCUT2D eigenvalue weighted by Crippen LogP contribution is -2.07. The zero-order valence-electron chi connectivity index (χ0n) is 6.94. The molecule has 0 aromatic rings. The minimum atomic E-state index is 0.512. The average molecular weight is 142 g/mol. The van der Waals surface area contributed by atoms with Crippen LogP contribution in [0.1, 0.15) is 45.4 Å². The van der Waals surface area contributed by atoms with Crippen molar-refractivity contribution in [1.29, 1.82) is 0 Å². The molecule has 0 spiro atoms. The maximum absolute atomic E-state index is 5.56. The van der Waals surface area contributed by atoms with Crippen LogP contribution in [0.15, 0.2) is 0 Å². The molecule has 1 nitrogen and oxygen atoms in total. The van der Waals surface area contributed by atoms with Crippen molar-refractivity contribution in [1.82, 2.24) is 0 Å². The van der Waals surface area contributed by atoms with Crippen molar-refractivity contribution in [2.24, 2.45) is 0 Å². The van der Waals surface area contributed by atoms with E-state index >= 15 is 0 Å². The van der Waals surface area contributed by atoms with Gasteiger partial charge < -0.3 is 4.74 Å². The van der Waals surface area contributed by atoms with E-state index in [2.05, 4.69) is 6.92 Å². The van der Waals surface area contributed by atoms with Crippen LogP contribution in [0, 0.1) is 0 Å². The van der Waals surface area contributed by atoms with Gasteiger partial charge >= 0.3 is 0 Å². The summed E-state index contributed by atoms with van der Waals surface area (Å²) in [7, 11) is 0. The monoisotopic (exact) mass is 142 g/mol. The Balaban J connectivity index is 2.15. The van der Waals surface area contributed by atoms with Gasteiger partial charge in [-0.1, -0.05) is 25.7 Å². The maximum Gasteiger partial charge on any atom is 0.0547 e. The van der Waals surface area contributed by atoms with E-state index in [0.717, 1.165) is 6.61 Å². The summed E-state index contributed by atoms with van der Waals surface area (Å²) in [5.74, 6) is 0. The van der Waals surface area contributed by atoms with Crippen molar-refractivity contribution in [2.45, 2.75) is 51.6 Å². The van der Waals surface area contributed by atoms with Gasteiger partial charge in [0.15, 0.2) is 0 Å². The molecule has 1 heterocycles. The number of rotatable bonds is 0. The third-order valence-corrected chi connectivity index (χ3v) is 2.16. The van der Waals surface area contributed by atoms with Crippen molar-refractivity contribution < 1.29 is 4.74 Å². The zero-order valence-corrected chi connectivity index (χ0v) is 6.94. The van der Waals surface area contributed by atoms with Gasteiger partial charge in [-0.2, -0.15) is 0 Å². The highest BCUT2D eigenvalue weighted by Gasteiger charge is 2.03. The number of ether oxygens (including phenoxy) is 1. The van der Waals surface area contributed by atoms with E-state index in [1.807, 2.05) is 0 Å². The van der Waals surface area contributed by atoms with Crippen molar-refractivity contribution in [3.63, 3.8) is 0 Å². The van der Waals surface area contributed by atoms with E-state index in [1.165, 1.54) is 38.5 Å². The predicted molar refractivity (Wildman–Crippen MR) is 43.1 cm³/mol. The van der Waals surface area contributed by atoms with Crippen LogP contribution in [0.2, 0.25) is 0 Å². The molecule has 1 fully saturated rings. The minimum absolute atomic E-state index is 0.512. The molecule has 1 unspecified atom stereocenters. The fourth-order valence-corrected chi connectivity index (χ4v) is 1.43. The molecule has 0 saturated carbocycles. The summed E-state index contributed by atoms with van der Waals surface area (Å²) >= 11 is 0. The number of hydrogen-bond donors (Lipinski definition) is 0. The first kappa shape index (κ1) is 8.06. The lowest BCUT2D eigenvalue weighted by molar-refractivity contribution is 0.0599. The van der Waals surface area contributed by atoms with E-state index in [1.54, 1.807) is 0 Å². The molecule has 1 rings (SSSR count). The second-order valence-electron chi connectivity index (χ2n) is 3.24. The molecular weight excluding hydrogens is 124 g/mol. The van der Waals surface area contributed by atoms with Gasteiger partial charge in [0.05, 0.1) is 6.10 Å². The summed E-state index contributed by atoms with van der Waals surface area (Å²) < 4.78 is 5.56. The van der Waals surface area contributed by atoms with E-state index < -0.39 is 0 Å². The van der Waals surface area contributed by atoms with Gasteiger partial charge in [-0.15, -0.1) is 0 Å². The highest BCUT2D eigenvalue weighted by Crippen LogP contribution is 2.12. The molecule has 1 aliphatic rings. The Morgan fingerprint density at radius 3 is 2.60 bits per heavy atom. The molecule has 0 amide bonds. The van der Waals surface area contributed by atoms with Crippen molar-refractivity contribution >= 4 is 0 Å². The van der Waals surface area contributed by atoms with E-state index in [-0.39, 0.29) is 0 Å². The topological polar surface area (TPSA) is 9.23 Å². The van der Waals surface area contributed by atoms with Gasteiger partial charge in [-0.3, -0.25) is 0 Å². The van der Waals surface area contributed by atoms with Gasteiger partial charge in [0.1, 0.15) is 0 Å². The highest BCUT2D eigenvalue weighted by atomic mass is 16.5. The first-order chi connectivity index (χ1) is 4.89. The van der Waals surface area contributed by atoms with Gasteiger partial charge in [0, 0.05) is 6.61 Å². The molecule has 0 aliphatic carbocycles. The Kier molecular flexibility index (Phi) is 3.81. The SMILES string of the molecule is CC1CCCCCCCO1. The number of hydrogen-bond acceptors (Lipinski definition) is 1. The molecular formula is C9H18O. The summed E-state index contributed by atoms with van der Waals surface area (Å²) in [6.07, 6.45) is 8.60. The Morgan fingerprint density at radius 2 is 1.70 bits per heavy atom. The largest absolute Gasteiger partial charge is 0.379 e. The van der Waals surface area contributed by atoms with E-state index in [4.69, 9.17) is 4.74 Å². The second kappa shape index (κ2) is 4.73. The van der Waals surface area contributed by atoms with Crippen LogP contribution in [0.5, 0.6) is 0 Å². The van der Waals surface area contributed by atoms with Crippen molar-refractivity contribution in [3.8, 4) is 0 Å². The normalized spacial score (nSPS) is 30.3. The predicted octanol–water partition coefficient (Wildman–Crippen LogP) is 2.75. The summed E-state index contributed by atoms with van der Waals surface area (Å²) in [5, 5.41) is 0. The standard InChI is InChI=1S/C9H18O/c1-9-7-5-3-2-4-6-8-10-9/h9H,2-8H2,1H3. The average Bonchev–Trinajstić information content (AvgIpc) is 2.02. The van der Waals surface area contributed by atoms with Gasteiger partial charge in [-0.25, -0.2) is 0 Å². The van der Waals surface area contributed by atoms with Gasteiger partial charge in [0.2, 0.25) is 0 Å². The molecule has 1 saturated heterocycles. The molecule has 1 aliphatic heterocycles. The van der Waals surface area contributed by atoms with Crippen LogP contribution in [0.3, 0.4) is 0 Å². The molecule has 1 atom stereocenters. The van der Waals surface area contributed by atoms with Crippen LogP contribution in [0.4, 0.5) is 0 Å². The Bertz CT molecular complexity index is 70.8. The molecule has 0 aromatic heterocycles. The Morgan fingerprint density at radius 1 is 1.00 bits per heavy atom. The maximum atomic E-state index is 5.56. The Hall–Kier alpha value is -0.0400. The smallest absolute Gasteiger partial charge is 0.0547 e. The van der Waals surface area contributed by atoms with Crippen LogP contribution in [-0.2, 0) is 4.74 Å². The molecule has 0 aromatic carbocycles. The summed E-state index contributed by atoms with van der Waals surface area (Å²) in [4.78, 5) is 0. The van der Waals surface area contributed by atoms with Crippen LogP contribution >= 0.6 is 0 Å². The van der Waals surface area contributed by atoms with Crippen LogP contribution < -0.4 is 0 Å². The van der Waals surface area contributed by atoms with Gasteiger partial charge in [0.25, 0.3) is 0 Å². The lowest BCUT2D eigenvalue weighted by atomic mass is 10.1. The molecule has 60 valence electrons. The van der Waals surface area contributed by atoms with E-state index in [0.29, 0.717) is 6.10 Å². The third-order valence-electron chi connectivity index (χ3n) is 2.16. The summed E-state index contributed by atoms with van der Waals surface area (Å²) in [6, 6.07) is 0. The zero-order chi connectivity index (χ0) is 7.23. The fraction of sp³-hybridized carbons (Fsp3) is 1.00. The van der Waals surface area contributed by atoms with E-state index in [9.17, 15) is 0 Å². The molecule has 0 bridgehead atoms. The first-order valence-corrected chi connectivity index (χ1v) is 4.51. The van der Waals surface area contributed by atoms with Crippen molar-refractivity contribution in [2.75, 3.05) is 6.61 Å². The third kappa shape index (κ3) is 3.21. The van der Waals surface area contributed by atoms with Crippen LogP contribution in [-0.4, -0.2) is 12.7 Å². The first-order valence-electron chi connectivity index (χ1n) is 4.51. The van der Waals surface area contributed by atoms with Crippen molar-refractivity contribution in [3.05, 3.63) is 0 Å². The summed E-state index contributed by atoms with van der Waals surface area (Å²) in [5.41, 5.74) is 0.